The zero-order chi connectivity index (χ0) is 17.8. The van der Waals surface area contributed by atoms with Crippen molar-refractivity contribution in [2.24, 2.45) is 0 Å². The molecule has 6 nitrogen and oxygen atoms in total. The first-order valence-electron chi connectivity index (χ1n) is 9.06. The number of carbonyl (C=O) groups excluding carboxylic acids is 1. The summed E-state index contributed by atoms with van der Waals surface area (Å²) in [5, 5.41) is 0. The minimum atomic E-state index is -0.112. The molecule has 0 unspecified atom stereocenters. The van der Waals surface area contributed by atoms with Crippen LogP contribution in [0, 0.1) is 6.92 Å². The van der Waals surface area contributed by atoms with Crippen molar-refractivity contribution < 1.29 is 4.79 Å². The molecule has 1 aliphatic rings. The largest absolute Gasteiger partial charge is 0.340 e. The highest BCUT2D eigenvalue weighted by molar-refractivity contribution is 5.77. The van der Waals surface area contributed by atoms with Gasteiger partial charge in [-0.2, -0.15) is 0 Å². The minimum absolute atomic E-state index is 0.112. The molecule has 25 heavy (non-hydrogen) atoms. The van der Waals surface area contributed by atoms with Crippen LogP contribution in [0.1, 0.15) is 25.5 Å². The fourth-order valence-corrected chi connectivity index (χ4v) is 3.44. The Balaban J connectivity index is 1.68. The van der Waals surface area contributed by atoms with Crippen LogP contribution in [-0.4, -0.2) is 58.0 Å². The number of amides is 1. The van der Waals surface area contributed by atoms with Gasteiger partial charge in [0.25, 0.3) is 5.56 Å². The van der Waals surface area contributed by atoms with Gasteiger partial charge in [-0.25, -0.2) is 4.98 Å². The average Bonchev–Trinajstić information content (AvgIpc) is 2.63. The van der Waals surface area contributed by atoms with E-state index < -0.39 is 0 Å². The first kappa shape index (κ1) is 17.6. The van der Waals surface area contributed by atoms with Crippen molar-refractivity contribution in [2.75, 3.05) is 32.7 Å². The summed E-state index contributed by atoms with van der Waals surface area (Å²) in [5.41, 5.74) is 1.94. The summed E-state index contributed by atoms with van der Waals surface area (Å²) in [6.07, 6.45) is 1.49. The Hall–Kier alpha value is -2.21. The highest BCUT2D eigenvalue weighted by Gasteiger charge is 2.20. The molecule has 2 heterocycles. The van der Waals surface area contributed by atoms with Crippen molar-refractivity contribution in [3.8, 4) is 0 Å². The van der Waals surface area contributed by atoms with Gasteiger partial charge < -0.3 is 9.47 Å². The summed E-state index contributed by atoms with van der Waals surface area (Å²) >= 11 is 0. The van der Waals surface area contributed by atoms with Crippen molar-refractivity contribution in [3.05, 3.63) is 40.3 Å². The molecule has 1 amide bonds. The standard InChI is InChI=1S/C19H26N4O2/c1-3-9-21-11-13-22(14-12-21)18(24)8-10-23-17-7-5-4-6-16(17)20-15(2)19(23)25/h4-7H,3,8-14H2,1-2H3. The number of rotatable bonds is 5. The fourth-order valence-electron chi connectivity index (χ4n) is 3.44. The quantitative estimate of drug-likeness (QED) is 0.829. The Bertz CT molecular complexity index is 807. The van der Waals surface area contributed by atoms with Gasteiger partial charge >= 0.3 is 0 Å². The normalized spacial score (nSPS) is 15.7. The molecular formula is C19H26N4O2. The number of carbonyl (C=O) groups is 1. The van der Waals surface area contributed by atoms with E-state index in [0.29, 0.717) is 18.7 Å². The Morgan fingerprint density at radius 3 is 2.56 bits per heavy atom. The molecule has 0 bridgehead atoms. The summed E-state index contributed by atoms with van der Waals surface area (Å²) in [5.74, 6) is 0.126. The fraction of sp³-hybridized carbons (Fsp3) is 0.526. The molecule has 1 saturated heterocycles. The van der Waals surface area contributed by atoms with Crippen molar-refractivity contribution in [3.63, 3.8) is 0 Å². The maximum absolute atomic E-state index is 12.5. The second-order valence-corrected chi connectivity index (χ2v) is 6.62. The van der Waals surface area contributed by atoms with E-state index in [1.54, 1.807) is 11.5 Å². The van der Waals surface area contributed by atoms with E-state index in [1.807, 2.05) is 29.2 Å². The topological polar surface area (TPSA) is 58.4 Å². The van der Waals surface area contributed by atoms with E-state index in [9.17, 15) is 9.59 Å². The molecule has 134 valence electrons. The first-order valence-corrected chi connectivity index (χ1v) is 9.06. The second-order valence-electron chi connectivity index (χ2n) is 6.62. The Morgan fingerprint density at radius 2 is 1.84 bits per heavy atom. The number of para-hydroxylation sites is 2. The first-order chi connectivity index (χ1) is 12.1. The summed E-state index contributed by atoms with van der Waals surface area (Å²) in [6.45, 7) is 8.84. The molecule has 0 saturated carbocycles. The summed E-state index contributed by atoms with van der Waals surface area (Å²) < 4.78 is 1.68. The third-order valence-electron chi connectivity index (χ3n) is 4.83. The maximum atomic E-state index is 12.5. The van der Waals surface area contributed by atoms with E-state index in [-0.39, 0.29) is 11.5 Å². The van der Waals surface area contributed by atoms with Gasteiger partial charge in [-0.05, 0) is 32.0 Å². The third-order valence-corrected chi connectivity index (χ3v) is 4.83. The number of aromatic nitrogens is 2. The number of nitrogens with zero attached hydrogens (tertiary/aromatic N) is 4. The lowest BCUT2D eigenvalue weighted by Crippen LogP contribution is -2.49. The number of hydrogen-bond donors (Lipinski definition) is 0. The van der Waals surface area contributed by atoms with E-state index in [4.69, 9.17) is 0 Å². The molecular weight excluding hydrogens is 316 g/mol. The molecule has 1 aromatic carbocycles. The lowest BCUT2D eigenvalue weighted by molar-refractivity contribution is -0.133. The molecule has 0 radical (unpaired) electrons. The summed E-state index contributed by atoms with van der Waals surface area (Å²) in [6, 6.07) is 7.58. The molecule has 0 atom stereocenters. The van der Waals surface area contributed by atoms with Crippen LogP contribution in [0.4, 0.5) is 0 Å². The number of hydrogen-bond acceptors (Lipinski definition) is 4. The van der Waals surface area contributed by atoms with Crippen LogP contribution < -0.4 is 5.56 Å². The second kappa shape index (κ2) is 7.78. The highest BCUT2D eigenvalue weighted by Crippen LogP contribution is 2.11. The third kappa shape index (κ3) is 3.90. The van der Waals surface area contributed by atoms with Crippen molar-refractivity contribution >= 4 is 16.9 Å². The lowest BCUT2D eigenvalue weighted by atomic mass is 10.2. The van der Waals surface area contributed by atoms with Crippen LogP contribution in [-0.2, 0) is 11.3 Å². The van der Waals surface area contributed by atoms with Gasteiger partial charge in [0.1, 0.15) is 5.69 Å². The lowest BCUT2D eigenvalue weighted by Gasteiger charge is -2.34. The van der Waals surface area contributed by atoms with Gasteiger partial charge in [0.05, 0.1) is 11.0 Å². The Kier molecular flexibility index (Phi) is 5.48. The molecule has 6 heteroatoms. The molecule has 1 aliphatic heterocycles. The average molecular weight is 342 g/mol. The van der Waals surface area contributed by atoms with E-state index in [1.165, 1.54) is 0 Å². The van der Waals surface area contributed by atoms with Crippen LogP contribution in [0.5, 0.6) is 0 Å². The van der Waals surface area contributed by atoms with Gasteiger partial charge in [0.2, 0.25) is 5.91 Å². The molecule has 0 N–H and O–H groups in total. The van der Waals surface area contributed by atoms with Crippen LogP contribution in [0.2, 0.25) is 0 Å². The zero-order valence-electron chi connectivity index (χ0n) is 15.1. The molecule has 0 aliphatic carbocycles. The van der Waals surface area contributed by atoms with Gasteiger partial charge in [0.15, 0.2) is 0 Å². The van der Waals surface area contributed by atoms with Crippen LogP contribution in [0.3, 0.4) is 0 Å². The van der Waals surface area contributed by atoms with Crippen LogP contribution in [0.15, 0.2) is 29.1 Å². The summed E-state index contributed by atoms with van der Waals surface area (Å²) in [7, 11) is 0. The zero-order valence-corrected chi connectivity index (χ0v) is 15.1. The Labute approximate surface area is 148 Å². The van der Waals surface area contributed by atoms with E-state index in [0.717, 1.165) is 50.2 Å². The van der Waals surface area contributed by atoms with Crippen molar-refractivity contribution in [2.45, 2.75) is 33.2 Å². The van der Waals surface area contributed by atoms with Crippen LogP contribution in [0.25, 0.3) is 11.0 Å². The number of fused-ring (bicyclic) bond motifs is 1. The predicted octanol–water partition coefficient (Wildman–Crippen LogP) is 1.65. The predicted molar refractivity (Wildman–Crippen MR) is 98.7 cm³/mol. The van der Waals surface area contributed by atoms with E-state index >= 15 is 0 Å². The number of benzene rings is 1. The molecule has 1 fully saturated rings. The number of piperazine rings is 1. The van der Waals surface area contributed by atoms with Gasteiger partial charge in [-0.1, -0.05) is 19.1 Å². The van der Waals surface area contributed by atoms with Gasteiger partial charge in [-0.3, -0.25) is 14.5 Å². The highest BCUT2D eigenvalue weighted by atomic mass is 16.2. The SMILES string of the molecule is CCCN1CCN(C(=O)CCn2c(=O)c(C)nc3ccccc32)CC1. The maximum Gasteiger partial charge on any atom is 0.272 e. The van der Waals surface area contributed by atoms with Crippen molar-refractivity contribution in [1.82, 2.24) is 19.4 Å². The van der Waals surface area contributed by atoms with Gasteiger partial charge in [0, 0.05) is 39.1 Å². The number of aryl methyl sites for hydroxylation is 2. The smallest absolute Gasteiger partial charge is 0.272 e. The van der Waals surface area contributed by atoms with Crippen molar-refractivity contribution in [1.29, 1.82) is 0 Å². The monoisotopic (exact) mass is 342 g/mol. The molecule has 0 spiro atoms. The van der Waals surface area contributed by atoms with E-state index in [2.05, 4.69) is 16.8 Å². The minimum Gasteiger partial charge on any atom is -0.340 e. The molecule has 3 rings (SSSR count). The Morgan fingerprint density at radius 1 is 1.12 bits per heavy atom. The molecule has 2 aromatic rings. The molecule has 1 aromatic heterocycles. The van der Waals surface area contributed by atoms with Gasteiger partial charge in [-0.15, -0.1) is 0 Å². The summed E-state index contributed by atoms with van der Waals surface area (Å²) in [4.78, 5) is 33.7. The van der Waals surface area contributed by atoms with Crippen LogP contribution >= 0.6 is 0 Å².